The summed E-state index contributed by atoms with van der Waals surface area (Å²) in [6, 6.07) is 1.95. The standard InChI is InChI=1S/C12H18N6S/c1-4-6-13-10-7-11(17-9(5-2)16-10)19-12-14-8-15-18(12)3/h7-8H,4-6H2,1-3H3,(H,13,16,17). The fourth-order valence-corrected chi connectivity index (χ4v) is 2.29. The van der Waals surface area contributed by atoms with Gasteiger partial charge in [-0.2, -0.15) is 5.10 Å². The van der Waals surface area contributed by atoms with Crippen LogP contribution in [0.1, 0.15) is 26.1 Å². The van der Waals surface area contributed by atoms with Crippen LogP contribution >= 0.6 is 11.8 Å². The van der Waals surface area contributed by atoms with Crippen molar-refractivity contribution in [1.29, 1.82) is 0 Å². The molecule has 2 aromatic heterocycles. The average molecular weight is 278 g/mol. The minimum Gasteiger partial charge on any atom is -0.370 e. The SMILES string of the molecule is CCCNc1cc(Sc2ncnn2C)nc(CC)n1. The van der Waals surface area contributed by atoms with Crippen molar-refractivity contribution in [1.82, 2.24) is 24.7 Å². The van der Waals surface area contributed by atoms with Gasteiger partial charge in [0.25, 0.3) is 0 Å². The summed E-state index contributed by atoms with van der Waals surface area (Å²) in [4.78, 5) is 13.2. The lowest BCUT2D eigenvalue weighted by molar-refractivity contribution is 0.684. The highest BCUT2D eigenvalue weighted by atomic mass is 32.2. The molecule has 2 heterocycles. The van der Waals surface area contributed by atoms with Gasteiger partial charge >= 0.3 is 0 Å². The Balaban J connectivity index is 2.21. The van der Waals surface area contributed by atoms with E-state index in [9.17, 15) is 0 Å². The first-order valence-corrected chi connectivity index (χ1v) is 7.18. The van der Waals surface area contributed by atoms with Crippen LogP contribution in [0.3, 0.4) is 0 Å². The Kier molecular flexibility index (Phi) is 4.73. The molecule has 7 heteroatoms. The summed E-state index contributed by atoms with van der Waals surface area (Å²) < 4.78 is 1.73. The second-order valence-electron chi connectivity index (χ2n) is 4.06. The molecule has 0 saturated carbocycles. The molecule has 0 radical (unpaired) electrons. The van der Waals surface area contributed by atoms with Crippen molar-refractivity contribution in [2.24, 2.45) is 7.05 Å². The zero-order chi connectivity index (χ0) is 13.7. The van der Waals surface area contributed by atoms with Gasteiger partial charge in [-0.15, -0.1) is 0 Å². The first kappa shape index (κ1) is 13.8. The minimum atomic E-state index is 0.814. The molecule has 0 spiro atoms. The summed E-state index contributed by atoms with van der Waals surface area (Å²) in [5.41, 5.74) is 0. The van der Waals surface area contributed by atoms with Crippen LogP contribution in [-0.2, 0) is 13.5 Å². The molecule has 0 bridgehead atoms. The monoisotopic (exact) mass is 278 g/mol. The van der Waals surface area contributed by atoms with Gasteiger partial charge in [-0.25, -0.2) is 19.6 Å². The van der Waals surface area contributed by atoms with Gasteiger partial charge in [-0.3, -0.25) is 0 Å². The van der Waals surface area contributed by atoms with Crippen molar-refractivity contribution in [3.05, 3.63) is 18.2 Å². The molecule has 0 aliphatic rings. The third-order valence-corrected chi connectivity index (χ3v) is 3.46. The Labute approximate surface area is 117 Å². The minimum absolute atomic E-state index is 0.814. The quantitative estimate of drug-likeness (QED) is 0.816. The Morgan fingerprint density at radius 3 is 2.79 bits per heavy atom. The smallest absolute Gasteiger partial charge is 0.192 e. The fraction of sp³-hybridized carbons (Fsp3) is 0.500. The third-order valence-electron chi connectivity index (χ3n) is 2.49. The van der Waals surface area contributed by atoms with Gasteiger partial charge in [0.2, 0.25) is 0 Å². The normalized spacial score (nSPS) is 10.7. The van der Waals surface area contributed by atoms with Gasteiger partial charge in [0.15, 0.2) is 5.16 Å². The molecular formula is C12H18N6S. The van der Waals surface area contributed by atoms with E-state index in [-0.39, 0.29) is 0 Å². The van der Waals surface area contributed by atoms with Crippen LogP contribution in [0.4, 0.5) is 5.82 Å². The molecule has 19 heavy (non-hydrogen) atoms. The summed E-state index contributed by atoms with van der Waals surface area (Å²) >= 11 is 1.50. The van der Waals surface area contributed by atoms with Gasteiger partial charge in [0.1, 0.15) is 23.0 Å². The highest BCUT2D eigenvalue weighted by Gasteiger charge is 2.08. The predicted octanol–water partition coefficient (Wildman–Crippen LogP) is 2.14. The van der Waals surface area contributed by atoms with E-state index in [1.807, 2.05) is 13.1 Å². The second-order valence-corrected chi connectivity index (χ2v) is 5.04. The molecule has 1 N–H and O–H groups in total. The Bertz CT molecular complexity index is 539. The van der Waals surface area contributed by atoms with Gasteiger partial charge in [0, 0.05) is 26.1 Å². The number of aromatic nitrogens is 5. The molecule has 0 aliphatic carbocycles. The molecule has 2 rings (SSSR count). The van der Waals surface area contributed by atoms with E-state index >= 15 is 0 Å². The molecular weight excluding hydrogens is 260 g/mol. The molecule has 0 aromatic carbocycles. The summed E-state index contributed by atoms with van der Waals surface area (Å²) in [7, 11) is 1.87. The topological polar surface area (TPSA) is 68.5 Å². The number of hydrogen-bond acceptors (Lipinski definition) is 6. The lowest BCUT2D eigenvalue weighted by Crippen LogP contribution is -2.05. The Morgan fingerprint density at radius 2 is 2.16 bits per heavy atom. The number of nitrogens with one attached hydrogen (secondary N) is 1. The lowest BCUT2D eigenvalue weighted by Gasteiger charge is -2.08. The number of hydrogen-bond donors (Lipinski definition) is 1. The van der Waals surface area contributed by atoms with E-state index in [0.29, 0.717) is 0 Å². The largest absolute Gasteiger partial charge is 0.370 e. The second kappa shape index (κ2) is 6.51. The first-order valence-electron chi connectivity index (χ1n) is 6.36. The first-order chi connectivity index (χ1) is 9.22. The van der Waals surface area contributed by atoms with Crippen LogP contribution in [0, 0.1) is 0 Å². The maximum Gasteiger partial charge on any atom is 0.192 e. The number of nitrogens with zero attached hydrogens (tertiary/aromatic N) is 5. The van der Waals surface area contributed by atoms with Crippen molar-refractivity contribution < 1.29 is 0 Å². The zero-order valence-corrected chi connectivity index (χ0v) is 12.2. The highest BCUT2D eigenvalue weighted by molar-refractivity contribution is 7.99. The average Bonchev–Trinajstić information content (AvgIpc) is 2.81. The van der Waals surface area contributed by atoms with Crippen LogP contribution in [-0.4, -0.2) is 31.3 Å². The summed E-state index contributed by atoms with van der Waals surface area (Å²) in [5.74, 6) is 1.71. The molecule has 0 saturated heterocycles. The van der Waals surface area contributed by atoms with E-state index in [1.54, 1.807) is 11.0 Å². The molecule has 0 unspecified atom stereocenters. The Morgan fingerprint density at radius 1 is 1.32 bits per heavy atom. The maximum atomic E-state index is 4.51. The van der Waals surface area contributed by atoms with Crippen LogP contribution < -0.4 is 5.32 Å². The summed E-state index contributed by atoms with van der Waals surface area (Å²) in [6.45, 7) is 5.09. The van der Waals surface area contributed by atoms with Crippen LogP contribution in [0.25, 0.3) is 0 Å². The number of aryl methyl sites for hydroxylation is 2. The summed E-state index contributed by atoms with van der Waals surface area (Å²) in [6.07, 6.45) is 3.42. The molecule has 6 nitrogen and oxygen atoms in total. The molecule has 2 aromatic rings. The van der Waals surface area contributed by atoms with E-state index in [1.165, 1.54) is 11.8 Å². The van der Waals surface area contributed by atoms with Crippen LogP contribution in [0.15, 0.2) is 22.6 Å². The van der Waals surface area contributed by atoms with E-state index in [2.05, 4.69) is 39.2 Å². The number of anilines is 1. The van der Waals surface area contributed by atoms with Gasteiger partial charge in [0.05, 0.1) is 0 Å². The molecule has 102 valence electrons. The van der Waals surface area contributed by atoms with Crippen molar-refractivity contribution in [2.45, 2.75) is 36.9 Å². The van der Waals surface area contributed by atoms with Gasteiger partial charge < -0.3 is 5.32 Å². The molecule has 0 amide bonds. The van der Waals surface area contributed by atoms with Crippen LogP contribution in [0.2, 0.25) is 0 Å². The van der Waals surface area contributed by atoms with E-state index < -0.39 is 0 Å². The Hall–Kier alpha value is -1.63. The van der Waals surface area contributed by atoms with Gasteiger partial charge in [-0.1, -0.05) is 13.8 Å². The lowest BCUT2D eigenvalue weighted by atomic mass is 10.4. The molecule has 0 aliphatic heterocycles. The van der Waals surface area contributed by atoms with Crippen molar-refractivity contribution in [2.75, 3.05) is 11.9 Å². The van der Waals surface area contributed by atoms with Crippen LogP contribution in [0.5, 0.6) is 0 Å². The molecule has 0 fully saturated rings. The highest BCUT2D eigenvalue weighted by Crippen LogP contribution is 2.25. The maximum absolute atomic E-state index is 4.51. The van der Waals surface area contributed by atoms with E-state index in [4.69, 9.17) is 0 Å². The zero-order valence-electron chi connectivity index (χ0n) is 11.4. The third kappa shape index (κ3) is 3.66. The summed E-state index contributed by atoms with van der Waals surface area (Å²) in [5, 5.41) is 9.06. The van der Waals surface area contributed by atoms with Crippen molar-refractivity contribution in [3.63, 3.8) is 0 Å². The van der Waals surface area contributed by atoms with Crippen molar-refractivity contribution in [3.8, 4) is 0 Å². The fourth-order valence-electron chi connectivity index (χ4n) is 1.50. The van der Waals surface area contributed by atoms with E-state index in [0.717, 1.165) is 41.2 Å². The predicted molar refractivity (Wildman–Crippen MR) is 75.3 cm³/mol. The van der Waals surface area contributed by atoms with Crippen molar-refractivity contribution >= 4 is 17.6 Å². The molecule has 0 atom stereocenters. The number of rotatable bonds is 6. The van der Waals surface area contributed by atoms with Gasteiger partial charge in [-0.05, 0) is 18.2 Å².